The van der Waals surface area contributed by atoms with Crippen LogP contribution in [0.5, 0.6) is 11.5 Å². The number of nitrogens with zero attached hydrogens (tertiary/aromatic N) is 2. The van der Waals surface area contributed by atoms with Gasteiger partial charge in [0.1, 0.15) is 24.7 Å². The van der Waals surface area contributed by atoms with Crippen molar-refractivity contribution in [2.24, 2.45) is 0 Å². The highest BCUT2D eigenvalue weighted by Gasteiger charge is 2.36. The Labute approximate surface area is 217 Å². The monoisotopic (exact) mass is 497 g/mol. The summed E-state index contributed by atoms with van der Waals surface area (Å²) in [5.41, 5.74) is 5.20. The van der Waals surface area contributed by atoms with E-state index in [2.05, 4.69) is 46.6 Å². The van der Waals surface area contributed by atoms with Gasteiger partial charge in [0.2, 0.25) is 5.91 Å². The fraction of sp³-hybridized carbons (Fsp3) is 0.333. The third kappa shape index (κ3) is 5.04. The van der Waals surface area contributed by atoms with Gasteiger partial charge in [-0.3, -0.25) is 14.5 Å². The molecule has 6 rings (SSSR count). The first-order valence-corrected chi connectivity index (χ1v) is 13.0. The third-order valence-electron chi connectivity index (χ3n) is 7.49. The lowest BCUT2D eigenvalue weighted by molar-refractivity contribution is -0.123. The highest BCUT2D eigenvalue weighted by molar-refractivity contribution is 5.99. The lowest BCUT2D eigenvalue weighted by atomic mass is 10.1. The maximum Gasteiger partial charge on any atom is 0.254 e. The Bertz CT molecular complexity index is 1300. The minimum Gasteiger partial charge on any atom is -0.492 e. The number of amides is 2. The van der Waals surface area contributed by atoms with Gasteiger partial charge in [0, 0.05) is 49.3 Å². The molecule has 7 nitrogen and oxygen atoms in total. The number of benzene rings is 3. The number of para-hydroxylation sites is 1. The Kier molecular flexibility index (Phi) is 6.53. The van der Waals surface area contributed by atoms with Crippen LogP contribution in [0.15, 0.2) is 66.7 Å². The van der Waals surface area contributed by atoms with Crippen LogP contribution >= 0.6 is 0 Å². The minimum atomic E-state index is 0.0208. The number of carbonyl (C=O) groups is 2. The first kappa shape index (κ1) is 23.6. The largest absolute Gasteiger partial charge is 0.492 e. The van der Waals surface area contributed by atoms with Crippen LogP contribution < -0.4 is 14.8 Å². The van der Waals surface area contributed by atoms with E-state index in [0.29, 0.717) is 44.7 Å². The summed E-state index contributed by atoms with van der Waals surface area (Å²) in [6.07, 6.45) is 1.16. The first-order valence-electron chi connectivity index (χ1n) is 13.0. The van der Waals surface area contributed by atoms with Crippen LogP contribution in [0.4, 0.5) is 0 Å². The average Bonchev–Trinajstić information content (AvgIpc) is 3.12. The summed E-state index contributed by atoms with van der Waals surface area (Å²) in [6.45, 7) is 4.80. The smallest absolute Gasteiger partial charge is 0.254 e. The number of rotatable bonds is 6. The second-order valence-electron chi connectivity index (χ2n) is 9.98. The van der Waals surface area contributed by atoms with Crippen LogP contribution in [0.2, 0.25) is 0 Å². The number of nitrogens with one attached hydrogen (secondary N) is 1. The first-order chi connectivity index (χ1) is 18.1. The van der Waals surface area contributed by atoms with E-state index in [1.165, 1.54) is 11.1 Å². The van der Waals surface area contributed by atoms with Crippen molar-refractivity contribution in [2.75, 3.05) is 19.7 Å². The van der Waals surface area contributed by atoms with E-state index in [9.17, 15) is 9.59 Å². The average molecular weight is 498 g/mol. The molecule has 0 saturated carbocycles. The number of piperidine rings is 1. The molecule has 3 aliphatic heterocycles. The molecule has 190 valence electrons. The van der Waals surface area contributed by atoms with Crippen LogP contribution in [0.25, 0.3) is 0 Å². The van der Waals surface area contributed by atoms with Gasteiger partial charge in [-0.2, -0.15) is 0 Å². The van der Waals surface area contributed by atoms with E-state index in [4.69, 9.17) is 9.47 Å². The number of fused-ring (bicyclic) bond motifs is 2. The molecule has 0 spiro atoms. The molecule has 0 aliphatic carbocycles. The Hall–Kier alpha value is -3.84. The fourth-order valence-electron chi connectivity index (χ4n) is 5.42. The zero-order chi connectivity index (χ0) is 25.2. The number of hydrogen-bond acceptors (Lipinski definition) is 5. The molecule has 3 aliphatic rings. The standard InChI is InChI=1S/C30H31N3O4/c34-29-13-12-24(16-31-29)33-19-26-25(30(33)35)5-3-7-28(26)37-20-22-10-8-21(9-11-22)17-32-14-15-36-27-6-2-1-4-23(27)18-32/h1-11,24H,12-20H2,(H,31,34). The molecule has 3 heterocycles. The van der Waals surface area contributed by atoms with E-state index in [0.717, 1.165) is 42.3 Å². The molecule has 1 N–H and O–H groups in total. The summed E-state index contributed by atoms with van der Waals surface area (Å²) >= 11 is 0. The molecule has 1 atom stereocenters. The number of carbonyl (C=O) groups excluding carboxylic acids is 2. The highest BCUT2D eigenvalue weighted by Crippen LogP contribution is 2.33. The van der Waals surface area contributed by atoms with Crippen molar-refractivity contribution in [1.82, 2.24) is 15.1 Å². The summed E-state index contributed by atoms with van der Waals surface area (Å²) in [5.74, 6) is 1.81. The van der Waals surface area contributed by atoms with Crippen molar-refractivity contribution >= 4 is 11.8 Å². The fourth-order valence-corrected chi connectivity index (χ4v) is 5.42. The maximum atomic E-state index is 13.0. The molecular formula is C30H31N3O4. The van der Waals surface area contributed by atoms with E-state index in [1.807, 2.05) is 35.2 Å². The summed E-state index contributed by atoms with van der Waals surface area (Å²) < 4.78 is 12.1. The summed E-state index contributed by atoms with van der Waals surface area (Å²) in [5, 5.41) is 2.88. The van der Waals surface area contributed by atoms with Crippen LogP contribution in [-0.4, -0.2) is 47.4 Å². The number of ether oxygens (including phenoxy) is 2. The predicted octanol–water partition coefficient (Wildman–Crippen LogP) is 3.89. The van der Waals surface area contributed by atoms with Crippen molar-refractivity contribution in [3.05, 3.63) is 94.5 Å². The molecule has 2 amide bonds. The van der Waals surface area contributed by atoms with Crippen molar-refractivity contribution in [3.63, 3.8) is 0 Å². The normalized spacial score (nSPS) is 19.5. The van der Waals surface area contributed by atoms with Crippen molar-refractivity contribution in [1.29, 1.82) is 0 Å². The van der Waals surface area contributed by atoms with Gasteiger partial charge in [0.15, 0.2) is 0 Å². The topological polar surface area (TPSA) is 71.1 Å². The van der Waals surface area contributed by atoms with E-state index >= 15 is 0 Å². The van der Waals surface area contributed by atoms with Crippen molar-refractivity contribution < 1.29 is 19.1 Å². The number of hydrogen-bond donors (Lipinski definition) is 1. The van der Waals surface area contributed by atoms with Crippen molar-refractivity contribution in [2.45, 2.75) is 45.1 Å². The molecule has 3 aromatic rings. The van der Waals surface area contributed by atoms with E-state index < -0.39 is 0 Å². The van der Waals surface area contributed by atoms with Crippen LogP contribution in [0.3, 0.4) is 0 Å². The third-order valence-corrected chi connectivity index (χ3v) is 7.49. The Morgan fingerprint density at radius 2 is 1.78 bits per heavy atom. The molecule has 3 aromatic carbocycles. The lowest BCUT2D eigenvalue weighted by Crippen LogP contribution is -2.48. The summed E-state index contributed by atoms with van der Waals surface area (Å²) in [7, 11) is 0. The zero-order valence-electron chi connectivity index (χ0n) is 20.8. The molecule has 37 heavy (non-hydrogen) atoms. The molecule has 0 bridgehead atoms. The van der Waals surface area contributed by atoms with Crippen LogP contribution in [0, 0.1) is 0 Å². The second-order valence-corrected chi connectivity index (χ2v) is 9.98. The van der Waals surface area contributed by atoms with Crippen LogP contribution in [-0.2, 0) is 31.0 Å². The van der Waals surface area contributed by atoms with Gasteiger partial charge in [0.05, 0.1) is 12.6 Å². The van der Waals surface area contributed by atoms with E-state index in [-0.39, 0.29) is 17.9 Å². The molecule has 7 heteroatoms. The summed E-state index contributed by atoms with van der Waals surface area (Å²) in [6, 6.07) is 22.5. The zero-order valence-corrected chi connectivity index (χ0v) is 20.8. The van der Waals surface area contributed by atoms with E-state index in [1.54, 1.807) is 0 Å². The summed E-state index contributed by atoms with van der Waals surface area (Å²) in [4.78, 5) is 28.9. The van der Waals surface area contributed by atoms with Gasteiger partial charge < -0.3 is 19.7 Å². The van der Waals surface area contributed by atoms with Crippen molar-refractivity contribution in [3.8, 4) is 11.5 Å². The maximum absolute atomic E-state index is 13.0. The highest BCUT2D eigenvalue weighted by atomic mass is 16.5. The Balaban J connectivity index is 1.07. The molecule has 1 fully saturated rings. The molecule has 1 unspecified atom stereocenters. The van der Waals surface area contributed by atoms with Crippen LogP contribution in [0.1, 0.15) is 45.5 Å². The van der Waals surface area contributed by atoms with Gasteiger partial charge in [-0.15, -0.1) is 0 Å². The molecule has 1 saturated heterocycles. The quantitative estimate of drug-likeness (QED) is 0.560. The van der Waals surface area contributed by atoms with Gasteiger partial charge in [0.25, 0.3) is 5.91 Å². The molecular weight excluding hydrogens is 466 g/mol. The lowest BCUT2D eigenvalue weighted by Gasteiger charge is -2.31. The SMILES string of the molecule is O=C1CCC(N2Cc3c(OCc4ccc(CN5CCOc6ccccc6C5)cc4)cccc3C2=O)CN1. The molecule has 0 radical (unpaired) electrons. The second kappa shape index (κ2) is 10.3. The molecule has 0 aromatic heterocycles. The van der Waals surface area contributed by atoms with Gasteiger partial charge >= 0.3 is 0 Å². The van der Waals surface area contributed by atoms with Gasteiger partial charge in [-0.25, -0.2) is 0 Å². The van der Waals surface area contributed by atoms with Gasteiger partial charge in [-0.05, 0) is 35.7 Å². The Morgan fingerprint density at radius 1 is 0.946 bits per heavy atom. The predicted molar refractivity (Wildman–Crippen MR) is 139 cm³/mol. The minimum absolute atomic E-state index is 0.0208. The Morgan fingerprint density at radius 3 is 2.62 bits per heavy atom. The van der Waals surface area contributed by atoms with Gasteiger partial charge in [-0.1, -0.05) is 48.5 Å².